The van der Waals surface area contributed by atoms with Gasteiger partial charge in [-0.05, 0) is 31.2 Å². The Bertz CT molecular complexity index is 866. The fourth-order valence-corrected chi connectivity index (χ4v) is 3.08. The normalized spacial score (nSPS) is 15.0. The van der Waals surface area contributed by atoms with Crippen molar-refractivity contribution < 1.29 is 4.79 Å². The zero-order valence-corrected chi connectivity index (χ0v) is 13.6. The van der Waals surface area contributed by atoms with E-state index in [1.807, 2.05) is 42.3 Å². The topological polar surface area (TPSA) is 53.7 Å². The molecule has 0 aliphatic carbocycles. The number of hydrogen-bond donors (Lipinski definition) is 0. The third kappa shape index (κ3) is 2.71. The van der Waals surface area contributed by atoms with Gasteiger partial charge in [-0.25, -0.2) is 9.50 Å². The fraction of sp³-hybridized carbons (Fsp3) is 0.278. The fourth-order valence-electron chi connectivity index (χ4n) is 3.08. The lowest BCUT2D eigenvalue weighted by Crippen LogP contribution is -2.49. The molecule has 3 aromatic rings. The second-order valence-electron chi connectivity index (χ2n) is 6.02. The van der Waals surface area contributed by atoms with Crippen molar-refractivity contribution >= 4 is 17.2 Å². The van der Waals surface area contributed by atoms with Gasteiger partial charge in [-0.15, -0.1) is 0 Å². The number of amides is 1. The molecule has 1 saturated heterocycles. The summed E-state index contributed by atoms with van der Waals surface area (Å²) in [5.74, 6) is -0.0176. The van der Waals surface area contributed by atoms with E-state index < -0.39 is 0 Å². The maximum atomic E-state index is 12.7. The minimum Gasteiger partial charge on any atom is -0.368 e. The van der Waals surface area contributed by atoms with Crippen molar-refractivity contribution in [3.63, 3.8) is 0 Å². The molecule has 2 aromatic heterocycles. The molecule has 1 aliphatic heterocycles. The predicted octanol–water partition coefficient (Wildman–Crippen LogP) is 2.00. The molecule has 0 N–H and O–H groups in total. The molecule has 0 unspecified atom stereocenters. The largest absolute Gasteiger partial charge is 0.368 e. The first-order valence-electron chi connectivity index (χ1n) is 8.13. The van der Waals surface area contributed by atoms with Gasteiger partial charge in [0.15, 0.2) is 5.65 Å². The van der Waals surface area contributed by atoms with Crippen LogP contribution in [0, 0.1) is 6.92 Å². The van der Waals surface area contributed by atoms with Gasteiger partial charge in [-0.3, -0.25) is 4.79 Å². The van der Waals surface area contributed by atoms with Gasteiger partial charge in [-0.2, -0.15) is 5.10 Å². The van der Waals surface area contributed by atoms with Crippen molar-refractivity contribution in [1.82, 2.24) is 19.5 Å². The molecular weight excluding hydrogens is 302 g/mol. The molecule has 0 bridgehead atoms. The number of imidazole rings is 1. The van der Waals surface area contributed by atoms with Crippen LogP contribution in [0.4, 0.5) is 5.69 Å². The second kappa shape index (κ2) is 5.96. The van der Waals surface area contributed by atoms with Gasteiger partial charge in [0.2, 0.25) is 0 Å². The number of carbonyl (C=O) groups excluding carboxylic acids is 1. The van der Waals surface area contributed by atoms with Crippen LogP contribution in [-0.2, 0) is 0 Å². The van der Waals surface area contributed by atoms with Gasteiger partial charge >= 0.3 is 0 Å². The Balaban J connectivity index is 1.47. The molecule has 4 rings (SSSR count). The van der Waals surface area contributed by atoms with Gasteiger partial charge in [-0.1, -0.05) is 18.2 Å². The van der Waals surface area contributed by atoms with Crippen LogP contribution in [0.15, 0.2) is 48.7 Å². The minimum atomic E-state index is -0.0176. The van der Waals surface area contributed by atoms with Gasteiger partial charge in [0.25, 0.3) is 5.91 Å². The highest BCUT2D eigenvalue weighted by Gasteiger charge is 2.23. The second-order valence-corrected chi connectivity index (χ2v) is 6.02. The number of para-hydroxylation sites is 1. The van der Waals surface area contributed by atoms with Crippen molar-refractivity contribution in [2.45, 2.75) is 6.92 Å². The molecule has 1 aliphatic rings. The van der Waals surface area contributed by atoms with Crippen LogP contribution < -0.4 is 4.90 Å². The molecule has 1 amide bonds. The number of fused-ring (bicyclic) bond motifs is 1. The van der Waals surface area contributed by atoms with Gasteiger partial charge in [0.05, 0.1) is 11.9 Å². The number of nitrogens with zero attached hydrogens (tertiary/aromatic N) is 5. The van der Waals surface area contributed by atoms with Crippen LogP contribution in [0.1, 0.15) is 16.2 Å². The number of hydrogen-bond acceptors (Lipinski definition) is 4. The monoisotopic (exact) mass is 321 g/mol. The highest BCUT2D eigenvalue weighted by molar-refractivity contribution is 5.92. The molecule has 122 valence electrons. The van der Waals surface area contributed by atoms with E-state index in [-0.39, 0.29) is 5.91 Å². The van der Waals surface area contributed by atoms with Crippen LogP contribution in [0.3, 0.4) is 0 Å². The van der Waals surface area contributed by atoms with E-state index >= 15 is 0 Å². The average molecular weight is 321 g/mol. The highest BCUT2D eigenvalue weighted by Crippen LogP contribution is 2.16. The molecule has 3 heterocycles. The van der Waals surface area contributed by atoms with Crippen LogP contribution in [-0.4, -0.2) is 51.6 Å². The molecule has 0 saturated carbocycles. The Morgan fingerprint density at radius 3 is 2.50 bits per heavy atom. The van der Waals surface area contributed by atoms with E-state index in [0.29, 0.717) is 18.8 Å². The molecule has 6 nitrogen and oxygen atoms in total. The number of rotatable bonds is 2. The molecule has 1 fully saturated rings. The summed E-state index contributed by atoms with van der Waals surface area (Å²) < 4.78 is 1.67. The van der Waals surface area contributed by atoms with E-state index in [4.69, 9.17) is 0 Å². The standard InChI is InChI=1S/C18H19N5O/c1-14-13-23-17(19-14)8-7-16(20-23)18(24)22-11-9-21(10-12-22)15-5-3-2-4-6-15/h2-8,13H,9-12H2,1H3. The Morgan fingerprint density at radius 1 is 1.00 bits per heavy atom. The van der Waals surface area contributed by atoms with E-state index in [0.717, 1.165) is 24.4 Å². The van der Waals surface area contributed by atoms with Crippen LogP contribution >= 0.6 is 0 Å². The SMILES string of the molecule is Cc1cn2nc(C(=O)N3CCN(c4ccccc4)CC3)ccc2n1. The first-order chi connectivity index (χ1) is 11.7. The number of anilines is 1. The zero-order chi connectivity index (χ0) is 16.5. The summed E-state index contributed by atoms with van der Waals surface area (Å²) in [7, 11) is 0. The summed E-state index contributed by atoms with van der Waals surface area (Å²) in [6.07, 6.45) is 1.83. The Kier molecular flexibility index (Phi) is 3.65. The molecule has 0 atom stereocenters. The Morgan fingerprint density at radius 2 is 1.75 bits per heavy atom. The van der Waals surface area contributed by atoms with Crippen LogP contribution in [0.5, 0.6) is 0 Å². The van der Waals surface area contributed by atoms with Crippen molar-refractivity contribution in [3.8, 4) is 0 Å². The summed E-state index contributed by atoms with van der Waals surface area (Å²) in [6, 6.07) is 13.9. The van der Waals surface area contributed by atoms with E-state index in [1.54, 1.807) is 10.6 Å². The predicted molar refractivity (Wildman–Crippen MR) is 92.3 cm³/mol. The zero-order valence-electron chi connectivity index (χ0n) is 13.6. The van der Waals surface area contributed by atoms with E-state index in [9.17, 15) is 4.79 Å². The number of piperazine rings is 1. The summed E-state index contributed by atoms with van der Waals surface area (Å²) in [5, 5.41) is 4.40. The molecular formula is C18H19N5O. The van der Waals surface area contributed by atoms with Crippen molar-refractivity contribution in [2.75, 3.05) is 31.1 Å². The molecule has 0 spiro atoms. The van der Waals surface area contributed by atoms with Gasteiger partial charge < -0.3 is 9.80 Å². The summed E-state index contributed by atoms with van der Waals surface area (Å²) in [4.78, 5) is 21.2. The number of carbonyl (C=O) groups is 1. The molecule has 0 radical (unpaired) electrons. The van der Waals surface area contributed by atoms with Gasteiger partial charge in [0.1, 0.15) is 5.69 Å². The first-order valence-corrected chi connectivity index (χ1v) is 8.13. The lowest BCUT2D eigenvalue weighted by atomic mass is 10.2. The minimum absolute atomic E-state index is 0.0176. The van der Waals surface area contributed by atoms with Crippen molar-refractivity contribution in [2.24, 2.45) is 0 Å². The summed E-state index contributed by atoms with van der Waals surface area (Å²) in [6.45, 7) is 5.00. The third-order valence-electron chi connectivity index (χ3n) is 4.35. The number of aryl methyl sites for hydroxylation is 1. The quantitative estimate of drug-likeness (QED) is 0.724. The lowest BCUT2D eigenvalue weighted by Gasteiger charge is -2.35. The smallest absolute Gasteiger partial charge is 0.274 e. The highest BCUT2D eigenvalue weighted by atomic mass is 16.2. The van der Waals surface area contributed by atoms with Crippen LogP contribution in [0.25, 0.3) is 5.65 Å². The van der Waals surface area contributed by atoms with Crippen molar-refractivity contribution in [3.05, 3.63) is 60.0 Å². The number of aromatic nitrogens is 3. The summed E-state index contributed by atoms with van der Waals surface area (Å²) in [5.41, 5.74) is 3.33. The third-order valence-corrected chi connectivity index (χ3v) is 4.35. The first kappa shape index (κ1) is 14.7. The lowest BCUT2D eigenvalue weighted by molar-refractivity contribution is 0.0739. The van der Waals surface area contributed by atoms with Gasteiger partial charge in [0, 0.05) is 31.9 Å². The maximum absolute atomic E-state index is 12.7. The maximum Gasteiger partial charge on any atom is 0.274 e. The molecule has 1 aromatic carbocycles. The van der Waals surface area contributed by atoms with Crippen LogP contribution in [0.2, 0.25) is 0 Å². The summed E-state index contributed by atoms with van der Waals surface area (Å²) >= 11 is 0. The Hall–Kier alpha value is -2.89. The molecule has 24 heavy (non-hydrogen) atoms. The van der Waals surface area contributed by atoms with E-state index in [1.165, 1.54) is 5.69 Å². The number of benzene rings is 1. The Labute approximate surface area is 140 Å². The molecule has 6 heteroatoms. The van der Waals surface area contributed by atoms with Crippen molar-refractivity contribution in [1.29, 1.82) is 0 Å². The van der Waals surface area contributed by atoms with E-state index in [2.05, 4.69) is 27.1 Å². The average Bonchev–Trinajstić information content (AvgIpc) is 3.01.